The minimum atomic E-state index is -3.72. The highest BCUT2D eigenvalue weighted by Gasteiger charge is 2.54. The molecule has 8 heteroatoms. The van der Waals surface area contributed by atoms with Gasteiger partial charge in [0.25, 0.3) is 11.8 Å². The fourth-order valence-corrected chi connectivity index (χ4v) is 6.32. The molecule has 0 aliphatic carbocycles. The Hall–Kier alpha value is -2.71. The van der Waals surface area contributed by atoms with Crippen LogP contribution < -0.4 is 4.72 Å². The van der Waals surface area contributed by atoms with Gasteiger partial charge in [0, 0.05) is 17.6 Å². The molecule has 202 valence electrons. The first-order chi connectivity index (χ1) is 17.3. The summed E-state index contributed by atoms with van der Waals surface area (Å²) in [5, 5.41) is 3.24. The van der Waals surface area contributed by atoms with E-state index in [0.29, 0.717) is 25.1 Å². The Bertz CT molecular complexity index is 1220. The van der Waals surface area contributed by atoms with Crippen molar-refractivity contribution >= 4 is 21.8 Å². The SMILES string of the molecule is CCCCN1C(=O)C(C)(CCCC)C(=O)N1Cc1ccc(-c2ccccc2S(=O)(=O)NC(C)(C)C)cc1. The second-order valence-corrected chi connectivity index (χ2v) is 12.8. The molecule has 7 nitrogen and oxygen atoms in total. The highest BCUT2D eigenvalue weighted by atomic mass is 32.2. The Kier molecular flexibility index (Phi) is 8.85. The third-order valence-corrected chi connectivity index (χ3v) is 8.49. The third kappa shape index (κ3) is 6.41. The van der Waals surface area contributed by atoms with Crippen molar-refractivity contribution in [2.45, 2.75) is 90.6 Å². The Morgan fingerprint density at radius 1 is 0.865 bits per heavy atom. The lowest BCUT2D eigenvalue weighted by molar-refractivity contribution is -0.148. The van der Waals surface area contributed by atoms with Gasteiger partial charge in [0.15, 0.2) is 0 Å². The summed E-state index contributed by atoms with van der Waals surface area (Å²) in [6.45, 7) is 12.1. The number of hydrazine groups is 1. The van der Waals surface area contributed by atoms with Crippen LogP contribution in [0.5, 0.6) is 0 Å². The normalized spacial score (nSPS) is 18.6. The molecule has 0 radical (unpaired) electrons. The zero-order valence-corrected chi connectivity index (χ0v) is 23.8. The number of carbonyl (C=O) groups is 2. The second-order valence-electron chi connectivity index (χ2n) is 11.1. The van der Waals surface area contributed by atoms with Gasteiger partial charge in [-0.3, -0.25) is 14.6 Å². The van der Waals surface area contributed by atoms with Crippen molar-refractivity contribution in [1.29, 1.82) is 0 Å². The van der Waals surface area contributed by atoms with Crippen LogP contribution in [0.15, 0.2) is 53.4 Å². The molecule has 1 atom stereocenters. The van der Waals surface area contributed by atoms with Gasteiger partial charge in [-0.15, -0.1) is 0 Å². The highest BCUT2D eigenvalue weighted by Crippen LogP contribution is 2.38. The van der Waals surface area contributed by atoms with Crippen LogP contribution in [0.3, 0.4) is 0 Å². The first-order valence-electron chi connectivity index (χ1n) is 13.2. The van der Waals surface area contributed by atoms with E-state index in [1.165, 1.54) is 0 Å². The maximum absolute atomic E-state index is 13.5. The molecule has 1 saturated heterocycles. The molecule has 1 unspecified atom stereocenters. The lowest BCUT2D eigenvalue weighted by atomic mass is 9.84. The summed E-state index contributed by atoms with van der Waals surface area (Å²) < 4.78 is 28.9. The Labute approximate surface area is 222 Å². The smallest absolute Gasteiger partial charge is 0.256 e. The summed E-state index contributed by atoms with van der Waals surface area (Å²) in [4.78, 5) is 27.0. The molecule has 3 rings (SSSR count). The van der Waals surface area contributed by atoms with Crippen LogP contribution in [-0.2, 0) is 26.2 Å². The van der Waals surface area contributed by atoms with Gasteiger partial charge in [-0.25, -0.2) is 18.1 Å². The van der Waals surface area contributed by atoms with Crippen molar-refractivity contribution in [3.8, 4) is 11.1 Å². The zero-order valence-electron chi connectivity index (χ0n) is 23.0. The molecule has 2 aromatic rings. The topological polar surface area (TPSA) is 86.8 Å². The molecule has 0 bridgehead atoms. The van der Waals surface area contributed by atoms with Crippen molar-refractivity contribution < 1.29 is 18.0 Å². The van der Waals surface area contributed by atoms with Gasteiger partial charge >= 0.3 is 0 Å². The maximum Gasteiger partial charge on any atom is 0.256 e. The molecule has 0 spiro atoms. The van der Waals surface area contributed by atoms with Crippen LogP contribution in [0.4, 0.5) is 0 Å². The minimum absolute atomic E-state index is 0.110. The number of unbranched alkanes of at least 4 members (excludes halogenated alkanes) is 2. The first-order valence-corrected chi connectivity index (χ1v) is 14.7. The molecule has 2 aromatic carbocycles. The van der Waals surface area contributed by atoms with E-state index in [2.05, 4.69) is 18.6 Å². The highest BCUT2D eigenvalue weighted by molar-refractivity contribution is 7.89. The Morgan fingerprint density at radius 3 is 2.05 bits per heavy atom. The average Bonchev–Trinajstić information content (AvgIpc) is 3.01. The van der Waals surface area contributed by atoms with E-state index in [1.54, 1.807) is 35.1 Å². The number of benzene rings is 2. The summed E-state index contributed by atoms with van der Waals surface area (Å²) >= 11 is 0. The monoisotopic (exact) mass is 527 g/mol. The first kappa shape index (κ1) is 28.9. The van der Waals surface area contributed by atoms with E-state index in [0.717, 1.165) is 36.8 Å². The van der Waals surface area contributed by atoms with Crippen LogP contribution in [0.1, 0.15) is 79.2 Å². The standard InChI is InChI=1S/C29H41N3O4S/c1-7-9-19-29(6)26(33)31(20-10-8-2)32(27(29)34)21-22-15-17-23(18-16-22)24-13-11-12-14-25(24)37(35,36)30-28(3,4)5/h11-18,30H,7-10,19-21H2,1-6H3. The number of hydrogen-bond donors (Lipinski definition) is 1. The minimum Gasteiger partial charge on any atom is -0.272 e. The summed E-state index contributed by atoms with van der Waals surface area (Å²) in [6, 6.07) is 14.5. The molecular formula is C29H41N3O4S. The number of nitrogens with zero attached hydrogens (tertiary/aromatic N) is 2. The molecule has 1 fully saturated rings. The van der Waals surface area contributed by atoms with Crippen LogP contribution in [-0.4, -0.2) is 42.3 Å². The van der Waals surface area contributed by atoms with E-state index in [9.17, 15) is 18.0 Å². The van der Waals surface area contributed by atoms with E-state index in [1.807, 2.05) is 51.1 Å². The van der Waals surface area contributed by atoms with Crippen LogP contribution in [0.25, 0.3) is 11.1 Å². The van der Waals surface area contributed by atoms with E-state index < -0.39 is 21.0 Å². The maximum atomic E-state index is 13.5. The summed E-state index contributed by atoms with van der Waals surface area (Å²) in [6.07, 6.45) is 4.05. The molecule has 1 aliphatic rings. The second kappa shape index (κ2) is 11.4. The van der Waals surface area contributed by atoms with Gasteiger partial charge < -0.3 is 0 Å². The molecule has 37 heavy (non-hydrogen) atoms. The number of rotatable bonds is 11. The molecule has 0 saturated carbocycles. The number of amides is 2. The molecule has 1 heterocycles. The van der Waals surface area contributed by atoms with Gasteiger partial charge in [0.2, 0.25) is 10.0 Å². The van der Waals surface area contributed by atoms with Crippen LogP contribution >= 0.6 is 0 Å². The largest absolute Gasteiger partial charge is 0.272 e. The summed E-state index contributed by atoms with van der Waals surface area (Å²) in [7, 11) is -3.72. The van der Waals surface area contributed by atoms with Crippen molar-refractivity contribution in [2.24, 2.45) is 5.41 Å². The zero-order chi connectivity index (χ0) is 27.4. The van der Waals surface area contributed by atoms with Gasteiger partial charge in [-0.2, -0.15) is 0 Å². The third-order valence-electron chi connectivity index (χ3n) is 6.67. The molecule has 1 N–H and O–H groups in total. The fourth-order valence-electron chi connectivity index (χ4n) is 4.67. The van der Waals surface area contributed by atoms with Crippen molar-refractivity contribution in [3.63, 3.8) is 0 Å². The van der Waals surface area contributed by atoms with Gasteiger partial charge in [-0.05, 0) is 57.7 Å². The number of hydrogen-bond acceptors (Lipinski definition) is 4. The summed E-state index contributed by atoms with van der Waals surface area (Å²) in [5.74, 6) is -0.252. The van der Waals surface area contributed by atoms with E-state index in [4.69, 9.17) is 0 Å². The van der Waals surface area contributed by atoms with Crippen molar-refractivity contribution in [3.05, 3.63) is 54.1 Å². The van der Waals surface area contributed by atoms with Gasteiger partial charge in [-0.1, -0.05) is 75.6 Å². The predicted molar refractivity (Wildman–Crippen MR) is 147 cm³/mol. The number of sulfonamides is 1. The molecular weight excluding hydrogens is 486 g/mol. The van der Waals surface area contributed by atoms with Gasteiger partial charge in [0.1, 0.15) is 5.41 Å². The van der Waals surface area contributed by atoms with Crippen molar-refractivity contribution in [1.82, 2.24) is 14.7 Å². The summed E-state index contributed by atoms with van der Waals surface area (Å²) in [5.41, 5.74) is 0.620. The average molecular weight is 528 g/mol. The van der Waals surface area contributed by atoms with Gasteiger partial charge in [0.05, 0.1) is 11.4 Å². The van der Waals surface area contributed by atoms with E-state index >= 15 is 0 Å². The number of carbonyl (C=O) groups excluding carboxylic acids is 2. The van der Waals surface area contributed by atoms with Crippen LogP contribution in [0, 0.1) is 5.41 Å². The molecule has 0 aromatic heterocycles. The molecule has 1 aliphatic heterocycles. The van der Waals surface area contributed by atoms with Crippen LogP contribution in [0.2, 0.25) is 0 Å². The lowest BCUT2D eigenvalue weighted by Gasteiger charge is -2.28. The van der Waals surface area contributed by atoms with E-state index in [-0.39, 0.29) is 16.7 Å². The Morgan fingerprint density at radius 2 is 1.46 bits per heavy atom. The van der Waals surface area contributed by atoms with Crippen molar-refractivity contribution in [2.75, 3.05) is 6.54 Å². The lowest BCUT2D eigenvalue weighted by Crippen LogP contribution is -2.41. The fraction of sp³-hybridized carbons (Fsp3) is 0.517. The Balaban J connectivity index is 1.89. The number of nitrogens with one attached hydrogen (secondary N) is 1. The molecule has 2 amide bonds. The quantitative estimate of drug-likeness (QED) is 0.390. The predicted octanol–water partition coefficient (Wildman–Crippen LogP) is 5.51.